The van der Waals surface area contributed by atoms with Crippen molar-refractivity contribution in [3.63, 3.8) is 0 Å². The molecule has 6 heteroatoms. The van der Waals surface area contributed by atoms with Gasteiger partial charge in [0.05, 0.1) is 12.6 Å². The van der Waals surface area contributed by atoms with Crippen LogP contribution in [0.1, 0.15) is 52.5 Å². The summed E-state index contributed by atoms with van der Waals surface area (Å²) in [5, 5.41) is 15.8. The van der Waals surface area contributed by atoms with Gasteiger partial charge in [0.15, 0.2) is 5.96 Å². The standard InChI is InChI=1S/C19H34N4O2/c1-5-7-16(10-11-24)12-22-19(20-6-2)23-14-17-8-9-18(21-13-17)25-15(3)4/h8-9,13,15-16,24H,5-7,10-12,14H2,1-4H3,(H2,20,22,23). The van der Waals surface area contributed by atoms with Crippen LogP contribution >= 0.6 is 0 Å². The summed E-state index contributed by atoms with van der Waals surface area (Å²) in [5.41, 5.74) is 1.04. The normalized spacial score (nSPS) is 13.0. The zero-order valence-electron chi connectivity index (χ0n) is 16.1. The van der Waals surface area contributed by atoms with E-state index in [1.807, 2.05) is 32.9 Å². The van der Waals surface area contributed by atoms with E-state index in [1.165, 1.54) is 0 Å². The number of rotatable bonds is 11. The van der Waals surface area contributed by atoms with Crippen LogP contribution in [-0.4, -0.2) is 41.9 Å². The molecule has 1 aromatic heterocycles. The second-order valence-electron chi connectivity index (χ2n) is 6.41. The molecule has 1 unspecified atom stereocenters. The molecular formula is C19H34N4O2. The number of pyridine rings is 1. The zero-order valence-corrected chi connectivity index (χ0v) is 16.1. The molecule has 25 heavy (non-hydrogen) atoms. The summed E-state index contributed by atoms with van der Waals surface area (Å²) >= 11 is 0. The number of ether oxygens (including phenoxy) is 1. The summed E-state index contributed by atoms with van der Waals surface area (Å²) in [5.74, 6) is 1.90. The Bertz CT molecular complexity index is 483. The van der Waals surface area contributed by atoms with Crippen LogP contribution < -0.4 is 15.4 Å². The predicted molar refractivity (Wildman–Crippen MR) is 103 cm³/mol. The molecule has 0 spiro atoms. The van der Waals surface area contributed by atoms with Gasteiger partial charge in [0.1, 0.15) is 0 Å². The number of hydrogen-bond acceptors (Lipinski definition) is 4. The average Bonchev–Trinajstić information content (AvgIpc) is 2.58. The average molecular weight is 351 g/mol. The number of nitrogens with zero attached hydrogens (tertiary/aromatic N) is 2. The molecule has 6 nitrogen and oxygen atoms in total. The molecule has 0 aromatic carbocycles. The van der Waals surface area contributed by atoms with Crippen molar-refractivity contribution in [3.05, 3.63) is 23.9 Å². The predicted octanol–water partition coefficient (Wildman–Crippen LogP) is 2.72. The van der Waals surface area contributed by atoms with Crippen LogP contribution in [0.4, 0.5) is 0 Å². The van der Waals surface area contributed by atoms with Crippen molar-refractivity contribution in [3.8, 4) is 5.88 Å². The number of nitrogens with one attached hydrogen (secondary N) is 2. The highest BCUT2D eigenvalue weighted by Gasteiger charge is 2.08. The van der Waals surface area contributed by atoms with Gasteiger partial charge in [-0.3, -0.25) is 0 Å². The number of aliphatic hydroxyl groups is 1. The Morgan fingerprint density at radius 1 is 1.24 bits per heavy atom. The van der Waals surface area contributed by atoms with E-state index < -0.39 is 0 Å². The first-order valence-corrected chi connectivity index (χ1v) is 9.33. The molecule has 0 saturated carbocycles. The summed E-state index contributed by atoms with van der Waals surface area (Å²) < 4.78 is 5.55. The Morgan fingerprint density at radius 3 is 2.60 bits per heavy atom. The maximum Gasteiger partial charge on any atom is 0.213 e. The summed E-state index contributed by atoms with van der Waals surface area (Å²) in [6.07, 6.45) is 4.97. The SMILES string of the molecule is CCCC(CCO)CNC(=NCc1ccc(OC(C)C)nc1)NCC. The highest BCUT2D eigenvalue weighted by molar-refractivity contribution is 5.79. The maximum atomic E-state index is 9.17. The Hall–Kier alpha value is -1.82. The van der Waals surface area contributed by atoms with Gasteiger partial charge in [-0.2, -0.15) is 0 Å². The monoisotopic (exact) mass is 350 g/mol. The first-order chi connectivity index (χ1) is 12.1. The van der Waals surface area contributed by atoms with Gasteiger partial charge in [-0.15, -0.1) is 0 Å². The Morgan fingerprint density at radius 2 is 2.04 bits per heavy atom. The first kappa shape index (κ1) is 21.2. The van der Waals surface area contributed by atoms with Crippen LogP contribution in [0.15, 0.2) is 23.3 Å². The molecule has 0 radical (unpaired) electrons. The van der Waals surface area contributed by atoms with Gasteiger partial charge in [0.25, 0.3) is 0 Å². The molecule has 0 saturated heterocycles. The molecule has 0 aliphatic heterocycles. The van der Waals surface area contributed by atoms with Gasteiger partial charge in [0, 0.05) is 32.0 Å². The van der Waals surface area contributed by atoms with Crippen molar-refractivity contribution < 1.29 is 9.84 Å². The van der Waals surface area contributed by atoms with Crippen LogP contribution in [0.25, 0.3) is 0 Å². The highest BCUT2D eigenvalue weighted by atomic mass is 16.5. The Labute approximate surface area is 152 Å². The molecule has 142 valence electrons. The van der Waals surface area contributed by atoms with Crippen molar-refractivity contribution in [2.75, 3.05) is 19.7 Å². The van der Waals surface area contributed by atoms with Gasteiger partial charge in [-0.05, 0) is 45.1 Å². The second kappa shape index (κ2) is 12.5. The van der Waals surface area contributed by atoms with E-state index in [-0.39, 0.29) is 12.7 Å². The minimum Gasteiger partial charge on any atom is -0.475 e. The van der Waals surface area contributed by atoms with E-state index in [1.54, 1.807) is 6.20 Å². The third kappa shape index (κ3) is 9.29. The van der Waals surface area contributed by atoms with E-state index >= 15 is 0 Å². The molecule has 0 fully saturated rings. The maximum absolute atomic E-state index is 9.17. The summed E-state index contributed by atoms with van der Waals surface area (Å²) in [7, 11) is 0. The highest BCUT2D eigenvalue weighted by Crippen LogP contribution is 2.11. The lowest BCUT2D eigenvalue weighted by Gasteiger charge is -2.18. The molecule has 1 aromatic rings. The van der Waals surface area contributed by atoms with E-state index in [2.05, 4.69) is 27.5 Å². The van der Waals surface area contributed by atoms with E-state index in [9.17, 15) is 5.11 Å². The molecule has 0 amide bonds. The second-order valence-corrected chi connectivity index (χ2v) is 6.41. The molecule has 1 atom stereocenters. The number of aliphatic hydroxyl groups excluding tert-OH is 1. The fraction of sp³-hybridized carbons (Fsp3) is 0.684. The summed E-state index contributed by atoms with van der Waals surface area (Å²) in [6, 6.07) is 3.87. The largest absolute Gasteiger partial charge is 0.475 e. The summed E-state index contributed by atoms with van der Waals surface area (Å²) in [6.45, 7) is 10.6. The first-order valence-electron chi connectivity index (χ1n) is 9.33. The van der Waals surface area contributed by atoms with Crippen molar-refractivity contribution in [1.82, 2.24) is 15.6 Å². The number of aliphatic imine (C=N–C) groups is 1. The third-order valence-electron chi connectivity index (χ3n) is 3.71. The fourth-order valence-corrected chi connectivity index (χ4v) is 2.51. The number of guanidine groups is 1. The van der Waals surface area contributed by atoms with Crippen LogP contribution in [-0.2, 0) is 6.54 Å². The van der Waals surface area contributed by atoms with Crippen LogP contribution in [0.5, 0.6) is 5.88 Å². The van der Waals surface area contributed by atoms with Gasteiger partial charge < -0.3 is 20.5 Å². The lowest BCUT2D eigenvalue weighted by Crippen LogP contribution is -2.40. The van der Waals surface area contributed by atoms with Crippen LogP contribution in [0.2, 0.25) is 0 Å². The fourth-order valence-electron chi connectivity index (χ4n) is 2.51. The van der Waals surface area contributed by atoms with E-state index in [0.717, 1.165) is 43.9 Å². The van der Waals surface area contributed by atoms with E-state index in [4.69, 9.17) is 4.74 Å². The van der Waals surface area contributed by atoms with E-state index in [0.29, 0.717) is 18.3 Å². The van der Waals surface area contributed by atoms with Gasteiger partial charge in [-0.25, -0.2) is 9.98 Å². The third-order valence-corrected chi connectivity index (χ3v) is 3.71. The Balaban J connectivity index is 2.59. The minimum absolute atomic E-state index is 0.121. The number of aromatic nitrogens is 1. The van der Waals surface area contributed by atoms with Crippen molar-refractivity contribution in [2.24, 2.45) is 10.9 Å². The zero-order chi connectivity index (χ0) is 18.5. The molecule has 1 rings (SSSR count). The molecule has 3 N–H and O–H groups in total. The molecule has 0 aliphatic rings. The number of hydrogen-bond donors (Lipinski definition) is 3. The van der Waals surface area contributed by atoms with Crippen LogP contribution in [0, 0.1) is 5.92 Å². The molecule has 0 aliphatic carbocycles. The lowest BCUT2D eigenvalue weighted by atomic mass is 10.0. The van der Waals surface area contributed by atoms with Gasteiger partial charge >= 0.3 is 0 Å². The van der Waals surface area contributed by atoms with Gasteiger partial charge in [0.2, 0.25) is 5.88 Å². The van der Waals surface area contributed by atoms with Crippen molar-refractivity contribution in [1.29, 1.82) is 0 Å². The summed E-state index contributed by atoms with van der Waals surface area (Å²) in [4.78, 5) is 8.92. The molecular weight excluding hydrogens is 316 g/mol. The smallest absolute Gasteiger partial charge is 0.213 e. The van der Waals surface area contributed by atoms with Crippen LogP contribution in [0.3, 0.4) is 0 Å². The molecule has 1 heterocycles. The van der Waals surface area contributed by atoms with Crippen molar-refractivity contribution >= 4 is 5.96 Å². The minimum atomic E-state index is 0.121. The quantitative estimate of drug-likeness (QED) is 0.422. The lowest BCUT2D eigenvalue weighted by molar-refractivity contribution is 0.232. The topological polar surface area (TPSA) is 78.8 Å². The van der Waals surface area contributed by atoms with Gasteiger partial charge in [-0.1, -0.05) is 19.4 Å². The Kier molecular flexibility index (Phi) is 10.6. The molecule has 0 bridgehead atoms. The van der Waals surface area contributed by atoms with Crippen molar-refractivity contribution in [2.45, 2.75) is 59.6 Å².